The molecule has 3 rings (SSSR count). The molecule has 9 heteroatoms. The molecule has 0 aliphatic heterocycles. The van der Waals surface area contributed by atoms with E-state index in [1.165, 1.54) is 10.6 Å². The quantitative estimate of drug-likeness (QED) is 0.560. The monoisotopic (exact) mass is 438 g/mol. The molecule has 2 N–H and O–H groups in total. The van der Waals surface area contributed by atoms with Gasteiger partial charge in [-0.3, -0.25) is 20.0 Å². The van der Waals surface area contributed by atoms with E-state index in [9.17, 15) is 14.4 Å². The van der Waals surface area contributed by atoms with Gasteiger partial charge in [-0.25, -0.2) is 9.59 Å². The number of carbonyl (C=O) groups is 3. The molecule has 2 aromatic heterocycles. The molecule has 0 unspecified atom stereocenters. The van der Waals surface area contributed by atoms with Crippen LogP contribution >= 0.6 is 0 Å². The predicted molar refractivity (Wildman–Crippen MR) is 122 cm³/mol. The van der Waals surface area contributed by atoms with E-state index in [1.54, 1.807) is 75.1 Å². The van der Waals surface area contributed by atoms with Crippen LogP contribution in [0.5, 0.6) is 0 Å². The zero-order valence-electron chi connectivity index (χ0n) is 18.5. The Kier molecular flexibility index (Phi) is 6.38. The second-order valence-corrected chi connectivity index (χ2v) is 8.13. The fourth-order valence-electron chi connectivity index (χ4n) is 3.08. The number of carbonyl (C=O) groups excluding carboxylic acids is 3. The van der Waals surface area contributed by atoms with Gasteiger partial charge in [0.05, 0.1) is 11.2 Å². The van der Waals surface area contributed by atoms with Crippen molar-refractivity contribution in [2.24, 2.45) is 7.05 Å². The molecule has 3 aromatic rings. The average Bonchev–Trinajstić information content (AvgIpc) is 3.27. The van der Waals surface area contributed by atoms with E-state index in [0.717, 1.165) is 5.39 Å². The van der Waals surface area contributed by atoms with Gasteiger partial charge in [-0.05, 0) is 51.1 Å². The van der Waals surface area contributed by atoms with E-state index in [1.807, 2.05) is 0 Å². The number of benzene rings is 1. The molecule has 0 fully saturated rings. The maximum Gasteiger partial charge on any atom is 0.412 e. The molecular weight excluding hydrogens is 412 g/mol. The van der Waals surface area contributed by atoms with Gasteiger partial charge >= 0.3 is 12.2 Å². The van der Waals surface area contributed by atoms with Gasteiger partial charge in [0.25, 0.3) is 5.91 Å². The van der Waals surface area contributed by atoms with Crippen molar-refractivity contribution in [1.82, 2.24) is 9.13 Å². The van der Waals surface area contributed by atoms with E-state index in [-0.39, 0.29) is 12.5 Å². The Morgan fingerprint density at radius 2 is 1.78 bits per heavy atom. The highest BCUT2D eigenvalue weighted by atomic mass is 16.6. The molecule has 2 heterocycles. The van der Waals surface area contributed by atoms with Crippen molar-refractivity contribution >= 4 is 40.4 Å². The first kappa shape index (κ1) is 22.7. The largest absolute Gasteiger partial charge is 0.445 e. The highest BCUT2D eigenvalue weighted by Crippen LogP contribution is 2.23. The van der Waals surface area contributed by atoms with Gasteiger partial charge in [0.1, 0.15) is 17.9 Å². The molecule has 0 spiro atoms. The molecule has 9 nitrogen and oxygen atoms in total. The second-order valence-electron chi connectivity index (χ2n) is 8.13. The van der Waals surface area contributed by atoms with Gasteiger partial charge in [-0.15, -0.1) is 0 Å². The lowest BCUT2D eigenvalue weighted by Crippen LogP contribution is -2.27. The van der Waals surface area contributed by atoms with Crippen LogP contribution < -0.4 is 10.6 Å². The van der Waals surface area contributed by atoms with Crippen molar-refractivity contribution in [1.29, 1.82) is 0 Å². The SMILES string of the molecule is C=CCOC(=O)Nc1ccc2c(ccn2C(=O)c2cc(NC(=O)OC(C)(C)C)cn2C)c1. The lowest BCUT2D eigenvalue weighted by atomic mass is 10.2. The summed E-state index contributed by atoms with van der Waals surface area (Å²) < 4.78 is 13.3. The average molecular weight is 438 g/mol. The van der Waals surface area contributed by atoms with E-state index < -0.39 is 17.8 Å². The lowest BCUT2D eigenvalue weighted by molar-refractivity contribution is 0.0635. The zero-order valence-corrected chi connectivity index (χ0v) is 18.5. The maximum absolute atomic E-state index is 13.2. The summed E-state index contributed by atoms with van der Waals surface area (Å²) in [5.41, 5.74) is 1.41. The Balaban J connectivity index is 1.78. The van der Waals surface area contributed by atoms with Crippen molar-refractivity contribution in [3.05, 3.63) is 61.1 Å². The fraction of sp³-hybridized carbons (Fsp3) is 0.261. The molecule has 0 bridgehead atoms. The van der Waals surface area contributed by atoms with E-state index >= 15 is 0 Å². The summed E-state index contributed by atoms with van der Waals surface area (Å²) in [4.78, 5) is 36.9. The fourth-order valence-corrected chi connectivity index (χ4v) is 3.08. The maximum atomic E-state index is 13.2. The highest BCUT2D eigenvalue weighted by Gasteiger charge is 2.20. The summed E-state index contributed by atoms with van der Waals surface area (Å²) in [6.07, 6.45) is 3.58. The number of ether oxygens (including phenoxy) is 2. The van der Waals surface area contributed by atoms with Crippen LogP contribution in [0.3, 0.4) is 0 Å². The number of rotatable bonds is 5. The Morgan fingerprint density at radius 3 is 2.47 bits per heavy atom. The molecule has 1 aromatic carbocycles. The van der Waals surface area contributed by atoms with Crippen LogP contribution in [0.25, 0.3) is 10.9 Å². The van der Waals surface area contributed by atoms with Gasteiger partial charge in [-0.2, -0.15) is 0 Å². The van der Waals surface area contributed by atoms with Crippen LogP contribution in [0, 0.1) is 0 Å². The first-order valence-corrected chi connectivity index (χ1v) is 9.94. The molecule has 0 atom stereocenters. The summed E-state index contributed by atoms with van der Waals surface area (Å²) in [5.74, 6) is -0.272. The molecule has 168 valence electrons. The van der Waals surface area contributed by atoms with E-state index in [2.05, 4.69) is 17.2 Å². The number of nitrogens with zero attached hydrogens (tertiary/aromatic N) is 2. The number of fused-ring (bicyclic) bond motifs is 1. The van der Waals surface area contributed by atoms with Crippen LogP contribution in [-0.2, 0) is 16.5 Å². The number of hydrogen-bond acceptors (Lipinski definition) is 5. The Morgan fingerprint density at radius 1 is 1.06 bits per heavy atom. The number of hydrogen-bond donors (Lipinski definition) is 2. The molecule has 2 amide bonds. The standard InChI is InChI=1S/C23H26N4O5/c1-6-11-31-21(29)24-16-7-8-18-15(12-16)9-10-27(18)20(28)19-13-17(14-26(19)5)25-22(30)32-23(2,3)4/h6-10,12-14H,1,11H2,2-5H3,(H,24,29)(H,25,30). The molecule has 0 aliphatic carbocycles. The minimum atomic E-state index is -0.627. The molecule has 32 heavy (non-hydrogen) atoms. The Labute approximate surface area is 185 Å². The van der Waals surface area contributed by atoms with E-state index in [0.29, 0.717) is 22.6 Å². The number of aryl methyl sites for hydroxylation is 1. The first-order valence-electron chi connectivity index (χ1n) is 9.94. The second kappa shape index (κ2) is 9.01. The van der Waals surface area contributed by atoms with Crippen LogP contribution in [0.2, 0.25) is 0 Å². The lowest BCUT2D eigenvalue weighted by Gasteiger charge is -2.19. The molecule has 0 radical (unpaired) electrons. The summed E-state index contributed by atoms with van der Waals surface area (Å²) in [5, 5.41) is 6.03. The third-order valence-corrected chi connectivity index (χ3v) is 4.36. The van der Waals surface area contributed by atoms with Gasteiger partial charge < -0.3 is 14.0 Å². The van der Waals surface area contributed by atoms with Gasteiger partial charge in [-0.1, -0.05) is 12.7 Å². The van der Waals surface area contributed by atoms with Gasteiger partial charge in [0.15, 0.2) is 0 Å². The normalized spacial score (nSPS) is 11.1. The minimum absolute atomic E-state index is 0.112. The van der Waals surface area contributed by atoms with Crippen molar-refractivity contribution in [2.45, 2.75) is 26.4 Å². The van der Waals surface area contributed by atoms with Gasteiger partial charge in [0.2, 0.25) is 0 Å². The molecule has 0 aliphatic rings. The summed E-state index contributed by atoms with van der Waals surface area (Å²) in [7, 11) is 1.72. The Hall–Kier alpha value is -4.01. The Bertz CT molecular complexity index is 1180. The van der Waals surface area contributed by atoms with Crippen molar-refractivity contribution in [3.63, 3.8) is 0 Å². The summed E-state index contributed by atoms with van der Waals surface area (Å²) in [6, 6.07) is 8.52. The summed E-state index contributed by atoms with van der Waals surface area (Å²) in [6.45, 7) is 8.92. The third-order valence-electron chi connectivity index (χ3n) is 4.36. The molecule has 0 saturated carbocycles. The number of aromatic nitrogens is 2. The predicted octanol–water partition coefficient (Wildman–Crippen LogP) is 4.75. The van der Waals surface area contributed by atoms with Crippen LogP contribution in [0.1, 0.15) is 31.3 Å². The van der Waals surface area contributed by atoms with E-state index in [4.69, 9.17) is 9.47 Å². The number of anilines is 2. The number of nitrogens with one attached hydrogen (secondary N) is 2. The van der Waals surface area contributed by atoms with Crippen LogP contribution in [0.4, 0.5) is 21.0 Å². The molecule has 0 saturated heterocycles. The summed E-state index contributed by atoms with van der Waals surface area (Å²) >= 11 is 0. The number of amides is 2. The third kappa shape index (κ3) is 5.37. The first-order chi connectivity index (χ1) is 15.1. The van der Waals surface area contributed by atoms with Crippen LogP contribution in [-0.4, -0.2) is 39.4 Å². The minimum Gasteiger partial charge on any atom is -0.445 e. The highest BCUT2D eigenvalue weighted by molar-refractivity contribution is 6.03. The zero-order chi connectivity index (χ0) is 23.5. The van der Waals surface area contributed by atoms with Crippen molar-refractivity contribution in [3.8, 4) is 0 Å². The van der Waals surface area contributed by atoms with Crippen molar-refractivity contribution < 1.29 is 23.9 Å². The topological polar surface area (TPSA) is 104 Å². The van der Waals surface area contributed by atoms with Crippen molar-refractivity contribution in [2.75, 3.05) is 17.2 Å². The molecular formula is C23H26N4O5. The smallest absolute Gasteiger partial charge is 0.412 e. The van der Waals surface area contributed by atoms with Gasteiger partial charge in [0, 0.05) is 30.5 Å². The van der Waals surface area contributed by atoms with Crippen LogP contribution in [0.15, 0.2) is 55.4 Å².